The number of methoxy groups -OCH3 is 2. The summed E-state index contributed by atoms with van der Waals surface area (Å²) in [6.45, 7) is 0.499. The number of aliphatic imine (C=N–C) groups is 1. The van der Waals surface area contributed by atoms with E-state index in [0.717, 1.165) is 17.1 Å². The highest BCUT2D eigenvalue weighted by molar-refractivity contribution is 5.78. The van der Waals surface area contributed by atoms with Gasteiger partial charge < -0.3 is 20.5 Å². The number of hydrogen-bond acceptors (Lipinski definition) is 3. The first-order valence-corrected chi connectivity index (χ1v) is 8.00. The molecule has 0 heterocycles. The first kappa shape index (κ1) is 16.5. The van der Waals surface area contributed by atoms with Crippen LogP contribution in [0, 0.1) is 0 Å². The maximum Gasteiger partial charge on any atom is 0.189 e. The summed E-state index contributed by atoms with van der Waals surface area (Å²) in [6, 6.07) is 6.19. The Kier molecular flexibility index (Phi) is 6.37. The number of hydrogen-bond donors (Lipinski definition) is 2. The van der Waals surface area contributed by atoms with E-state index in [-0.39, 0.29) is 0 Å². The molecule has 122 valence electrons. The second-order valence-electron chi connectivity index (χ2n) is 5.71. The third-order valence-corrected chi connectivity index (χ3v) is 4.12. The molecular formula is C17H27N3O2. The minimum absolute atomic E-state index is 0.462. The quantitative estimate of drug-likeness (QED) is 0.498. The number of nitrogens with two attached hydrogens (primary N) is 1. The summed E-state index contributed by atoms with van der Waals surface area (Å²) in [5.41, 5.74) is 7.02. The summed E-state index contributed by atoms with van der Waals surface area (Å²) in [4.78, 5) is 4.45. The highest BCUT2D eigenvalue weighted by Crippen LogP contribution is 2.25. The van der Waals surface area contributed by atoms with Crippen LogP contribution >= 0.6 is 0 Å². The van der Waals surface area contributed by atoms with Crippen molar-refractivity contribution in [1.29, 1.82) is 0 Å². The summed E-state index contributed by atoms with van der Waals surface area (Å²) >= 11 is 0. The van der Waals surface area contributed by atoms with E-state index in [4.69, 9.17) is 15.2 Å². The molecule has 5 nitrogen and oxygen atoms in total. The van der Waals surface area contributed by atoms with Crippen LogP contribution in [0.25, 0.3) is 0 Å². The van der Waals surface area contributed by atoms with Crippen molar-refractivity contribution in [3.8, 4) is 11.5 Å². The number of guanidine groups is 1. The number of benzene rings is 1. The molecule has 5 heteroatoms. The van der Waals surface area contributed by atoms with Crippen molar-refractivity contribution in [2.45, 2.75) is 51.1 Å². The van der Waals surface area contributed by atoms with Crippen molar-refractivity contribution in [2.75, 3.05) is 14.2 Å². The van der Waals surface area contributed by atoms with E-state index in [9.17, 15) is 0 Å². The van der Waals surface area contributed by atoms with Gasteiger partial charge in [-0.3, -0.25) is 0 Å². The van der Waals surface area contributed by atoms with Crippen molar-refractivity contribution >= 4 is 5.96 Å². The number of nitrogens with one attached hydrogen (secondary N) is 1. The predicted octanol–water partition coefficient (Wildman–Crippen LogP) is 2.83. The average molecular weight is 305 g/mol. The first-order valence-electron chi connectivity index (χ1n) is 8.00. The lowest BCUT2D eigenvalue weighted by molar-refractivity contribution is 0.391. The molecule has 0 radical (unpaired) electrons. The van der Waals surface area contributed by atoms with Gasteiger partial charge in [0, 0.05) is 17.7 Å². The maximum atomic E-state index is 6.02. The summed E-state index contributed by atoms with van der Waals surface area (Å²) in [5.74, 6) is 2.06. The van der Waals surface area contributed by atoms with Crippen molar-refractivity contribution < 1.29 is 9.47 Å². The molecule has 0 aliphatic heterocycles. The lowest BCUT2D eigenvalue weighted by atomic mass is 10.1. The van der Waals surface area contributed by atoms with E-state index in [2.05, 4.69) is 10.3 Å². The molecule has 0 amide bonds. The third-order valence-electron chi connectivity index (χ3n) is 4.12. The molecule has 1 aromatic carbocycles. The minimum atomic E-state index is 0.462. The minimum Gasteiger partial charge on any atom is -0.497 e. The van der Waals surface area contributed by atoms with E-state index >= 15 is 0 Å². The number of rotatable bonds is 5. The van der Waals surface area contributed by atoms with Gasteiger partial charge in [0.25, 0.3) is 0 Å². The maximum absolute atomic E-state index is 6.02. The van der Waals surface area contributed by atoms with E-state index < -0.39 is 0 Å². The zero-order valence-corrected chi connectivity index (χ0v) is 13.6. The molecule has 0 unspecified atom stereocenters. The molecule has 1 aliphatic carbocycles. The van der Waals surface area contributed by atoms with E-state index in [1.165, 1.54) is 38.5 Å². The molecule has 0 spiro atoms. The lowest BCUT2D eigenvalue weighted by Gasteiger charge is -2.17. The van der Waals surface area contributed by atoms with E-state index in [1.54, 1.807) is 14.2 Å². The van der Waals surface area contributed by atoms with Gasteiger partial charge in [0.15, 0.2) is 5.96 Å². The molecule has 0 atom stereocenters. The molecule has 1 aliphatic rings. The summed E-state index contributed by atoms with van der Waals surface area (Å²) in [7, 11) is 3.29. The predicted molar refractivity (Wildman–Crippen MR) is 89.5 cm³/mol. The van der Waals surface area contributed by atoms with E-state index in [1.807, 2.05) is 18.2 Å². The fourth-order valence-corrected chi connectivity index (χ4v) is 2.83. The van der Waals surface area contributed by atoms with Gasteiger partial charge in [0.1, 0.15) is 11.5 Å². The van der Waals surface area contributed by atoms with Crippen LogP contribution in [-0.2, 0) is 6.54 Å². The van der Waals surface area contributed by atoms with Crippen molar-refractivity contribution in [1.82, 2.24) is 5.32 Å². The normalized spacial score (nSPS) is 16.9. The number of ether oxygens (including phenoxy) is 2. The Morgan fingerprint density at radius 2 is 1.91 bits per heavy atom. The standard InChI is InChI=1S/C17H27N3O2/c1-21-15-10-9-13(16(11-15)22-2)12-19-17(18)20-14-7-5-3-4-6-8-14/h9-11,14H,3-8,12H2,1-2H3,(H3,18,19,20). The van der Waals surface area contributed by atoms with Crippen LogP contribution in [-0.4, -0.2) is 26.2 Å². The molecule has 1 aromatic rings. The van der Waals surface area contributed by atoms with Crippen LogP contribution in [0.2, 0.25) is 0 Å². The second kappa shape index (κ2) is 8.51. The molecule has 0 bridgehead atoms. The molecule has 0 aromatic heterocycles. The Balaban J connectivity index is 1.94. The highest BCUT2D eigenvalue weighted by Gasteiger charge is 2.12. The highest BCUT2D eigenvalue weighted by atomic mass is 16.5. The average Bonchev–Trinajstić information content (AvgIpc) is 2.81. The molecule has 0 saturated heterocycles. The Labute approximate surface area is 132 Å². The molecular weight excluding hydrogens is 278 g/mol. The van der Waals surface area contributed by atoms with Crippen LogP contribution in [0.5, 0.6) is 11.5 Å². The second-order valence-corrected chi connectivity index (χ2v) is 5.71. The molecule has 3 N–H and O–H groups in total. The fourth-order valence-electron chi connectivity index (χ4n) is 2.83. The first-order chi connectivity index (χ1) is 10.7. The lowest BCUT2D eigenvalue weighted by Crippen LogP contribution is -2.39. The van der Waals surface area contributed by atoms with Gasteiger partial charge in [-0.15, -0.1) is 0 Å². The van der Waals surface area contributed by atoms with Gasteiger partial charge >= 0.3 is 0 Å². The van der Waals surface area contributed by atoms with Crippen LogP contribution < -0.4 is 20.5 Å². The largest absolute Gasteiger partial charge is 0.497 e. The van der Waals surface area contributed by atoms with Gasteiger partial charge in [-0.05, 0) is 25.0 Å². The van der Waals surface area contributed by atoms with Gasteiger partial charge in [0.05, 0.1) is 20.8 Å². The Morgan fingerprint density at radius 3 is 2.55 bits per heavy atom. The van der Waals surface area contributed by atoms with Crippen LogP contribution in [0.1, 0.15) is 44.1 Å². The smallest absolute Gasteiger partial charge is 0.189 e. The topological polar surface area (TPSA) is 68.9 Å². The SMILES string of the molecule is COc1ccc(CN=C(N)NC2CCCCCC2)c(OC)c1. The molecule has 22 heavy (non-hydrogen) atoms. The van der Waals surface area contributed by atoms with Gasteiger partial charge in [-0.25, -0.2) is 4.99 Å². The van der Waals surface area contributed by atoms with Crippen molar-refractivity contribution in [2.24, 2.45) is 10.7 Å². The third kappa shape index (κ3) is 4.83. The molecule has 2 rings (SSSR count). The summed E-state index contributed by atoms with van der Waals surface area (Å²) in [6.07, 6.45) is 7.58. The number of nitrogens with zero attached hydrogens (tertiary/aromatic N) is 1. The summed E-state index contributed by atoms with van der Waals surface area (Å²) < 4.78 is 10.6. The van der Waals surface area contributed by atoms with Gasteiger partial charge in [-0.1, -0.05) is 25.7 Å². The fraction of sp³-hybridized carbons (Fsp3) is 0.588. The Bertz CT molecular complexity index is 495. The Hall–Kier alpha value is -1.91. The van der Waals surface area contributed by atoms with Crippen molar-refractivity contribution in [3.63, 3.8) is 0 Å². The Morgan fingerprint density at radius 1 is 1.18 bits per heavy atom. The van der Waals surface area contributed by atoms with Crippen LogP contribution in [0.4, 0.5) is 0 Å². The van der Waals surface area contributed by atoms with E-state index in [0.29, 0.717) is 18.5 Å². The zero-order valence-electron chi connectivity index (χ0n) is 13.6. The zero-order chi connectivity index (χ0) is 15.8. The van der Waals surface area contributed by atoms with Gasteiger partial charge in [0.2, 0.25) is 0 Å². The van der Waals surface area contributed by atoms with Crippen LogP contribution in [0.3, 0.4) is 0 Å². The van der Waals surface area contributed by atoms with Crippen LogP contribution in [0.15, 0.2) is 23.2 Å². The van der Waals surface area contributed by atoms with Gasteiger partial charge in [-0.2, -0.15) is 0 Å². The molecule has 1 saturated carbocycles. The summed E-state index contributed by atoms with van der Waals surface area (Å²) in [5, 5.41) is 3.35. The molecule has 1 fully saturated rings. The van der Waals surface area contributed by atoms with Crippen molar-refractivity contribution in [3.05, 3.63) is 23.8 Å². The monoisotopic (exact) mass is 305 g/mol.